The Kier molecular flexibility index (Phi) is 1.00. The van der Waals surface area contributed by atoms with E-state index in [2.05, 4.69) is 0 Å². The highest BCUT2D eigenvalue weighted by atomic mass is 35.5. The molecule has 0 unspecified atom stereocenters. The first-order chi connectivity index (χ1) is 2.80. The van der Waals surface area contributed by atoms with Gasteiger partial charge < -0.3 is 0 Å². The van der Waals surface area contributed by atoms with E-state index in [1.807, 2.05) is 0 Å². The van der Waals surface area contributed by atoms with Gasteiger partial charge in [0.1, 0.15) is 6.17 Å². The lowest BCUT2D eigenvalue weighted by Gasteiger charge is -2.23. The summed E-state index contributed by atoms with van der Waals surface area (Å²) < 4.78 is 11.8. The topological polar surface area (TPSA) is 0 Å². The van der Waals surface area contributed by atoms with Crippen molar-refractivity contribution in [1.29, 1.82) is 0 Å². The van der Waals surface area contributed by atoms with Gasteiger partial charge in [-0.15, -0.1) is 11.6 Å². The molecular formula is C4H6ClF. The van der Waals surface area contributed by atoms with Gasteiger partial charge in [0.25, 0.3) is 0 Å². The summed E-state index contributed by atoms with van der Waals surface area (Å²) >= 11 is 5.32. The van der Waals surface area contributed by atoms with Crippen molar-refractivity contribution in [2.75, 3.05) is 0 Å². The van der Waals surface area contributed by atoms with Gasteiger partial charge in [0.05, 0.1) is 5.38 Å². The van der Waals surface area contributed by atoms with Crippen molar-refractivity contribution in [3.05, 3.63) is 0 Å². The monoisotopic (exact) mass is 108 g/mol. The molecule has 1 aliphatic carbocycles. The minimum Gasteiger partial charge on any atom is -0.246 e. The Bertz CT molecular complexity index is 47.5. The van der Waals surface area contributed by atoms with Crippen LogP contribution in [0.1, 0.15) is 12.8 Å². The third-order valence-electron chi connectivity index (χ3n) is 1.11. The Morgan fingerprint density at radius 1 is 1.50 bits per heavy atom. The van der Waals surface area contributed by atoms with E-state index in [0.717, 1.165) is 6.42 Å². The molecule has 0 spiro atoms. The number of hydrogen-bond acceptors (Lipinski definition) is 0. The van der Waals surface area contributed by atoms with Crippen molar-refractivity contribution in [2.45, 2.75) is 24.4 Å². The van der Waals surface area contributed by atoms with Crippen molar-refractivity contribution in [3.63, 3.8) is 0 Å². The van der Waals surface area contributed by atoms with E-state index in [9.17, 15) is 4.39 Å². The highest BCUT2D eigenvalue weighted by molar-refractivity contribution is 6.21. The maximum Gasteiger partial charge on any atom is 0.116 e. The van der Waals surface area contributed by atoms with Crippen LogP contribution in [0.2, 0.25) is 0 Å². The summed E-state index contributed by atoms with van der Waals surface area (Å²) in [6.07, 6.45) is 0.836. The molecule has 0 bridgehead atoms. The third-order valence-corrected chi connectivity index (χ3v) is 1.60. The van der Waals surface area contributed by atoms with E-state index < -0.39 is 6.17 Å². The minimum atomic E-state index is -0.702. The van der Waals surface area contributed by atoms with Crippen LogP contribution in [0.25, 0.3) is 0 Å². The first-order valence-electron chi connectivity index (χ1n) is 2.09. The highest BCUT2D eigenvalue weighted by Crippen LogP contribution is 2.27. The van der Waals surface area contributed by atoms with E-state index in [0.29, 0.717) is 6.42 Å². The summed E-state index contributed by atoms with van der Waals surface area (Å²) in [6, 6.07) is 0. The molecule has 0 amide bonds. The lowest BCUT2D eigenvalue weighted by atomic mass is 9.97. The predicted molar refractivity (Wildman–Crippen MR) is 23.8 cm³/mol. The molecule has 1 rings (SSSR count). The summed E-state index contributed by atoms with van der Waals surface area (Å²) in [6.45, 7) is 0. The molecule has 0 aliphatic heterocycles. The smallest absolute Gasteiger partial charge is 0.116 e. The molecular weight excluding hydrogens is 102 g/mol. The fourth-order valence-corrected chi connectivity index (χ4v) is 0.671. The fourth-order valence-electron chi connectivity index (χ4n) is 0.419. The van der Waals surface area contributed by atoms with Gasteiger partial charge in [-0.2, -0.15) is 0 Å². The van der Waals surface area contributed by atoms with Crippen molar-refractivity contribution in [1.82, 2.24) is 0 Å². The summed E-state index contributed by atoms with van der Waals surface area (Å²) in [7, 11) is 0. The van der Waals surface area contributed by atoms with E-state index >= 15 is 0 Å². The number of rotatable bonds is 0. The van der Waals surface area contributed by atoms with Gasteiger partial charge >= 0.3 is 0 Å². The molecule has 1 saturated carbocycles. The quantitative estimate of drug-likeness (QED) is 0.415. The van der Waals surface area contributed by atoms with Crippen molar-refractivity contribution in [3.8, 4) is 0 Å². The summed E-state index contributed by atoms with van der Waals surface area (Å²) in [5.41, 5.74) is 0. The zero-order chi connectivity index (χ0) is 4.57. The van der Waals surface area contributed by atoms with Gasteiger partial charge in [-0.3, -0.25) is 0 Å². The number of alkyl halides is 2. The summed E-state index contributed by atoms with van der Waals surface area (Å²) in [4.78, 5) is 0. The Morgan fingerprint density at radius 3 is 2.00 bits per heavy atom. The lowest BCUT2D eigenvalue weighted by molar-refractivity contribution is 0.218. The molecule has 0 nitrogen and oxygen atoms in total. The average molecular weight is 109 g/mol. The van der Waals surface area contributed by atoms with Crippen LogP contribution in [-0.2, 0) is 0 Å². The molecule has 0 radical (unpaired) electrons. The SMILES string of the molecule is F[C@H]1CC[C@@H]1Cl. The van der Waals surface area contributed by atoms with E-state index in [4.69, 9.17) is 11.6 Å². The van der Waals surface area contributed by atoms with Gasteiger partial charge in [0.15, 0.2) is 0 Å². The highest BCUT2D eigenvalue weighted by Gasteiger charge is 2.27. The van der Waals surface area contributed by atoms with Gasteiger partial charge in [-0.1, -0.05) is 0 Å². The Labute approximate surface area is 41.3 Å². The summed E-state index contributed by atoms with van der Waals surface area (Å²) in [5.74, 6) is 0. The van der Waals surface area contributed by atoms with Crippen molar-refractivity contribution < 1.29 is 4.39 Å². The van der Waals surface area contributed by atoms with Crippen LogP contribution >= 0.6 is 11.6 Å². The zero-order valence-electron chi connectivity index (χ0n) is 3.32. The molecule has 1 fully saturated rings. The molecule has 36 valence electrons. The second kappa shape index (κ2) is 1.38. The third kappa shape index (κ3) is 0.515. The summed E-state index contributed by atoms with van der Waals surface area (Å²) in [5, 5.41) is -0.162. The zero-order valence-corrected chi connectivity index (χ0v) is 4.08. The molecule has 0 aromatic carbocycles. The van der Waals surface area contributed by atoms with Crippen LogP contribution in [0.15, 0.2) is 0 Å². The molecule has 0 saturated heterocycles. The molecule has 2 atom stereocenters. The second-order valence-corrected chi connectivity index (χ2v) is 2.17. The van der Waals surface area contributed by atoms with Gasteiger partial charge in [0.2, 0.25) is 0 Å². The molecule has 2 heteroatoms. The molecule has 0 aromatic heterocycles. The Morgan fingerprint density at radius 2 is 2.00 bits per heavy atom. The van der Waals surface area contributed by atoms with Crippen LogP contribution in [-0.4, -0.2) is 11.5 Å². The lowest BCUT2D eigenvalue weighted by Crippen LogP contribution is -2.27. The van der Waals surface area contributed by atoms with Crippen LogP contribution in [0.4, 0.5) is 4.39 Å². The fraction of sp³-hybridized carbons (Fsp3) is 1.00. The minimum absolute atomic E-state index is 0.162. The standard InChI is InChI=1S/C4H6ClF/c5-3-1-2-4(3)6/h3-4H,1-2H2/t3-,4-/m0/s1. The second-order valence-electron chi connectivity index (χ2n) is 1.61. The number of hydrogen-bond donors (Lipinski definition) is 0. The number of halogens is 2. The van der Waals surface area contributed by atoms with Gasteiger partial charge in [-0.05, 0) is 12.8 Å². The maximum absolute atomic E-state index is 11.8. The van der Waals surface area contributed by atoms with E-state index in [-0.39, 0.29) is 5.38 Å². The largest absolute Gasteiger partial charge is 0.246 e. The van der Waals surface area contributed by atoms with Crippen LogP contribution in [0, 0.1) is 0 Å². The molecule has 1 aliphatic rings. The van der Waals surface area contributed by atoms with Crippen LogP contribution in [0.5, 0.6) is 0 Å². The normalized spacial score (nSPS) is 45.0. The van der Waals surface area contributed by atoms with Gasteiger partial charge in [0, 0.05) is 0 Å². The molecule has 0 heterocycles. The molecule has 0 N–H and O–H groups in total. The first-order valence-corrected chi connectivity index (χ1v) is 2.52. The first kappa shape index (κ1) is 4.38. The van der Waals surface area contributed by atoms with E-state index in [1.165, 1.54) is 0 Å². The van der Waals surface area contributed by atoms with E-state index in [1.54, 1.807) is 0 Å². The van der Waals surface area contributed by atoms with Crippen LogP contribution in [0.3, 0.4) is 0 Å². The predicted octanol–water partition coefficient (Wildman–Crippen LogP) is 1.73. The molecule has 6 heavy (non-hydrogen) atoms. The van der Waals surface area contributed by atoms with Crippen molar-refractivity contribution >= 4 is 11.6 Å². The molecule has 0 aromatic rings. The van der Waals surface area contributed by atoms with Crippen LogP contribution < -0.4 is 0 Å². The maximum atomic E-state index is 11.8. The Balaban J connectivity index is 2.20. The van der Waals surface area contributed by atoms with Crippen molar-refractivity contribution in [2.24, 2.45) is 0 Å². The average Bonchev–Trinajstić information content (AvgIpc) is 1.61. The Hall–Kier alpha value is 0.220. The van der Waals surface area contributed by atoms with Gasteiger partial charge in [-0.25, -0.2) is 4.39 Å².